The van der Waals surface area contributed by atoms with E-state index in [1.54, 1.807) is 24.3 Å². The largest absolute Gasteiger partial charge is 0.613 e. The first-order chi connectivity index (χ1) is 16.1. The molecular formula is C20H26F2N4O7P+. The maximum Gasteiger partial charge on any atom is 0.613 e. The Labute approximate surface area is 194 Å². The minimum atomic E-state index is -3.21. The Bertz CT molecular complexity index is 1010. The van der Waals surface area contributed by atoms with Crippen molar-refractivity contribution >= 4 is 20.0 Å². The van der Waals surface area contributed by atoms with Crippen LogP contribution in [0.15, 0.2) is 47.4 Å². The van der Waals surface area contributed by atoms with Crippen LogP contribution in [0.3, 0.4) is 0 Å². The van der Waals surface area contributed by atoms with Gasteiger partial charge in [0.05, 0.1) is 0 Å². The summed E-state index contributed by atoms with van der Waals surface area (Å²) in [5, 5.41) is 12.1. The first-order valence-electron chi connectivity index (χ1n) is 10.1. The maximum absolute atomic E-state index is 13.1. The van der Waals surface area contributed by atoms with Crippen molar-refractivity contribution in [2.24, 2.45) is 0 Å². The van der Waals surface area contributed by atoms with Gasteiger partial charge in [0.1, 0.15) is 43.5 Å². The molecule has 0 aliphatic rings. The van der Waals surface area contributed by atoms with E-state index < -0.39 is 57.3 Å². The molecule has 1 aromatic heterocycles. The van der Waals surface area contributed by atoms with E-state index in [1.165, 1.54) is 26.1 Å². The van der Waals surface area contributed by atoms with Crippen molar-refractivity contribution < 1.29 is 37.2 Å². The van der Waals surface area contributed by atoms with Crippen LogP contribution in [-0.2, 0) is 30.0 Å². The predicted molar refractivity (Wildman–Crippen MR) is 117 cm³/mol. The molecule has 0 amide bonds. The first kappa shape index (κ1) is 27.4. The summed E-state index contributed by atoms with van der Waals surface area (Å²) in [5.41, 5.74) is 5.37. The molecule has 0 aliphatic heterocycles. The fourth-order valence-corrected chi connectivity index (χ4v) is 3.42. The van der Waals surface area contributed by atoms with Crippen molar-refractivity contribution in [1.29, 1.82) is 0 Å². The number of nitrogens with zero attached hydrogens (tertiary/aromatic N) is 2. The van der Waals surface area contributed by atoms with Crippen LogP contribution < -0.4 is 16.5 Å². The number of aromatic nitrogens is 2. The number of hydrogen-bond acceptors (Lipinski definition) is 9. The van der Waals surface area contributed by atoms with Crippen molar-refractivity contribution in [2.75, 3.05) is 12.3 Å². The van der Waals surface area contributed by atoms with Gasteiger partial charge in [0.15, 0.2) is 0 Å². The van der Waals surface area contributed by atoms with Gasteiger partial charge in [0.25, 0.3) is 6.43 Å². The molecule has 3 unspecified atom stereocenters. The number of ether oxygens (including phenoxy) is 2. The van der Waals surface area contributed by atoms with Gasteiger partial charge in [-0.05, 0) is 30.0 Å². The molecule has 1 heterocycles. The van der Waals surface area contributed by atoms with E-state index in [-0.39, 0.29) is 12.4 Å². The second kappa shape index (κ2) is 13.2. The van der Waals surface area contributed by atoms with Crippen molar-refractivity contribution in [3.8, 4) is 0 Å². The zero-order chi connectivity index (χ0) is 25.3. The van der Waals surface area contributed by atoms with E-state index in [2.05, 4.69) is 10.1 Å². The molecule has 0 fully saturated rings. The minimum Gasteiger partial charge on any atom is -0.460 e. The zero-order valence-electron chi connectivity index (χ0n) is 18.4. The summed E-state index contributed by atoms with van der Waals surface area (Å²) < 4.78 is 54.8. The molecule has 0 saturated carbocycles. The highest BCUT2D eigenvalue weighted by Gasteiger charge is 2.35. The van der Waals surface area contributed by atoms with E-state index in [4.69, 9.17) is 19.7 Å². The Balaban J connectivity index is 1.91. The average Bonchev–Trinajstić information content (AvgIpc) is 2.80. The maximum atomic E-state index is 13.1. The Morgan fingerprint density at radius 1 is 1.26 bits per heavy atom. The van der Waals surface area contributed by atoms with Crippen molar-refractivity contribution in [1.82, 2.24) is 14.6 Å². The number of carbonyl (C=O) groups is 1. The molecule has 0 radical (unpaired) electrons. The SMILES string of the molecule is C[C@H](N[P+](=O)OCC(O[C@H](C)n1ccc(N)nc1=O)C(O)C(F)F)C(=O)OCc1ccccc1. The summed E-state index contributed by atoms with van der Waals surface area (Å²) in [6.45, 7) is 2.01. The number of esters is 1. The Kier molecular flexibility index (Phi) is 10.6. The number of carbonyl (C=O) groups excluding carboxylic acids is 1. The quantitative estimate of drug-likeness (QED) is 0.272. The van der Waals surface area contributed by atoms with Crippen molar-refractivity contribution in [3.05, 3.63) is 58.6 Å². The smallest absolute Gasteiger partial charge is 0.460 e. The monoisotopic (exact) mass is 503 g/mol. The molecule has 34 heavy (non-hydrogen) atoms. The van der Waals surface area contributed by atoms with Crippen LogP contribution in [0.1, 0.15) is 25.6 Å². The van der Waals surface area contributed by atoms with Gasteiger partial charge >= 0.3 is 19.8 Å². The van der Waals surface area contributed by atoms with E-state index in [0.29, 0.717) is 0 Å². The van der Waals surface area contributed by atoms with Gasteiger partial charge in [-0.3, -0.25) is 9.36 Å². The predicted octanol–water partition coefficient (Wildman–Crippen LogP) is 1.75. The summed E-state index contributed by atoms with van der Waals surface area (Å²) in [6.07, 6.45) is -7.08. The van der Waals surface area contributed by atoms with Crippen LogP contribution in [0.25, 0.3) is 0 Å². The van der Waals surface area contributed by atoms with Gasteiger partial charge < -0.3 is 20.3 Å². The summed E-state index contributed by atoms with van der Waals surface area (Å²) >= 11 is 0. The lowest BCUT2D eigenvalue weighted by Crippen LogP contribution is -2.41. The average molecular weight is 503 g/mol. The second-order valence-electron chi connectivity index (χ2n) is 7.14. The number of nitrogen functional groups attached to an aromatic ring is 1. The number of nitrogens with two attached hydrogens (primary N) is 1. The molecular weight excluding hydrogens is 477 g/mol. The van der Waals surface area contributed by atoms with Crippen molar-refractivity contribution in [2.45, 2.75) is 51.4 Å². The van der Waals surface area contributed by atoms with Crippen LogP contribution in [0.5, 0.6) is 0 Å². The molecule has 11 nitrogen and oxygen atoms in total. The molecule has 1 aromatic carbocycles. The molecule has 2 aromatic rings. The van der Waals surface area contributed by atoms with E-state index in [1.807, 2.05) is 6.07 Å². The molecule has 14 heteroatoms. The number of aliphatic hydroxyl groups excluding tert-OH is 1. The molecule has 4 N–H and O–H groups in total. The lowest BCUT2D eigenvalue weighted by Gasteiger charge is -2.25. The van der Waals surface area contributed by atoms with Crippen LogP contribution in [-0.4, -0.2) is 51.9 Å². The third kappa shape index (κ3) is 8.50. The van der Waals surface area contributed by atoms with Gasteiger partial charge in [-0.25, -0.2) is 13.6 Å². The molecule has 0 saturated heterocycles. The van der Waals surface area contributed by atoms with Crippen LogP contribution >= 0.6 is 8.18 Å². The lowest BCUT2D eigenvalue weighted by atomic mass is 10.2. The van der Waals surface area contributed by atoms with Crippen LogP contribution in [0.2, 0.25) is 0 Å². The first-order valence-corrected chi connectivity index (χ1v) is 11.3. The Morgan fingerprint density at radius 3 is 2.56 bits per heavy atom. The summed E-state index contributed by atoms with van der Waals surface area (Å²) in [6, 6.07) is 9.16. The van der Waals surface area contributed by atoms with Gasteiger partial charge in [-0.1, -0.05) is 35.4 Å². The van der Waals surface area contributed by atoms with Gasteiger partial charge in [0.2, 0.25) is 0 Å². The summed E-state index contributed by atoms with van der Waals surface area (Å²) in [5.74, 6) is -0.750. The highest BCUT2D eigenvalue weighted by Crippen LogP contribution is 2.23. The van der Waals surface area contributed by atoms with Crippen LogP contribution in [0.4, 0.5) is 14.6 Å². The van der Waals surface area contributed by atoms with E-state index in [9.17, 15) is 28.0 Å². The number of aliphatic hydroxyl groups is 1. The minimum absolute atomic E-state index is 0.0110. The highest BCUT2D eigenvalue weighted by molar-refractivity contribution is 7.36. The number of rotatable bonds is 13. The number of halogens is 2. The van der Waals surface area contributed by atoms with Crippen LogP contribution in [0, 0.1) is 0 Å². The topological polar surface area (TPSA) is 155 Å². The van der Waals surface area contributed by atoms with Gasteiger partial charge in [-0.15, -0.1) is 4.52 Å². The number of alkyl halides is 2. The Morgan fingerprint density at radius 2 is 1.94 bits per heavy atom. The highest BCUT2D eigenvalue weighted by atomic mass is 31.1. The Hall–Kier alpha value is -2.83. The molecule has 0 bridgehead atoms. The summed E-state index contributed by atoms with van der Waals surface area (Å²) in [4.78, 5) is 27.5. The van der Waals surface area contributed by atoms with E-state index >= 15 is 0 Å². The molecule has 5 atom stereocenters. The fourth-order valence-electron chi connectivity index (χ4n) is 2.64. The standard InChI is InChI=1S/C20H25F2N4O7P/c1-12(19(28)31-10-14-6-4-3-5-7-14)25-34(30)32-11-15(17(27)18(21)22)33-13(2)26-9-8-16(23)24-20(26)29/h3-9,12-13,15,17-18,27H,10-11H2,1-2H3,(H2-,23,24,25,29,30)/p+1/t12-,13+,15?,17?/m0/s1. The molecule has 0 spiro atoms. The van der Waals surface area contributed by atoms with Gasteiger partial charge in [0, 0.05) is 6.20 Å². The number of hydrogen-bond donors (Lipinski definition) is 3. The van der Waals surface area contributed by atoms with Gasteiger partial charge in [-0.2, -0.15) is 4.98 Å². The fraction of sp³-hybridized carbons (Fsp3) is 0.450. The zero-order valence-corrected chi connectivity index (χ0v) is 19.3. The third-order valence-corrected chi connectivity index (χ3v) is 5.47. The van der Waals surface area contributed by atoms with E-state index in [0.717, 1.165) is 10.1 Å². The van der Waals surface area contributed by atoms with Crippen molar-refractivity contribution in [3.63, 3.8) is 0 Å². The lowest BCUT2D eigenvalue weighted by molar-refractivity contribution is -0.150. The normalized spacial score (nSPS) is 15.4. The number of anilines is 1. The number of benzene rings is 1. The number of nitrogens with one attached hydrogen (secondary N) is 1. The third-order valence-electron chi connectivity index (χ3n) is 4.49. The second-order valence-corrected chi connectivity index (χ2v) is 8.17. The molecule has 2 rings (SSSR count). The molecule has 186 valence electrons. The molecule has 0 aliphatic carbocycles. The summed E-state index contributed by atoms with van der Waals surface area (Å²) in [7, 11) is -2.72.